The molecule has 6 heteroatoms. The van der Waals surface area contributed by atoms with Crippen LogP contribution in [0, 0.1) is 0 Å². The van der Waals surface area contributed by atoms with Crippen molar-refractivity contribution in [1.29, 1.82) is 0 Å². The zero-order valence-corrected chi connectivity index (χ0v) is 10.3. The summed E-state index contributed by atoms with van der Waals surface area (Å²) in [6.45, 7) is 0. The average molecular weight is 258 g/mol. The van der Waals surface area contributed by atoms with E-state index in [4.69, 9.17) is 17.3 Å². The molecule has 1 aromatic heterocycles. The van der Waals surface area contributed by atoms with Crippen molar-refractivity contribution < 1.29 is 0 Å². The normalized spacial score (nSPS) is 10.5. The second-order valence-corrected chi connectivity index (χ2v) is 5.06. The van der Waals surface area contributed by atoms with E-state index in [1.54, 1.807) is 11.8 Å². The summed E-state index contributed by atoms with van der Waals surface area (Å²) >= 11 is 8.98. The monoisotopic (exact) mass is 257 g/mol. The van der Waals surface area contributed by atoms with Crippen molar-refractivity contribution in [2.75, 3.05) is 12.0 Å². The third-order valence-corrected chi connectivity index (χ3v) is 3.86. The van der Waals surface area contributed by atoms with Gasteiger partial charge in [0.15, 0.2) is 0 Å². The maximum Gasteiger partial charge on any atom is 0.203 e. The van der Waals surface area contributed by atoms with Crippen LogP contribution < -0.4 is 5.73 Å². The number of rotatable bonds is 2. The quantitative estimate of drug-likeness (QED) is 0.840. The molecule has 78 valence electrons. The Morgan fingerprint density at radius 1 is 1.40 bits per heavy atom. The third kappa shape index (κ3) is 2.25. The second-order valence-electron chi connectivity index (χ2n) is 2.79. The van der Waals surface area contributed by atoms with Crippen LogP contribution in [0.5, 0.6) is 0 Å². The van der Waals surface area contributed by atoms with Gasteiger partial charge in [0.25, 0.3) is 0 Å². The summed E-state index contributed by atoms with van der Waals surface area (Å²) in [6.07, 6.45) is 1.99. The summed E-state index contributed by atoms with van der Waals surface area (Å²) in [6, 6.07) is 5.77. The molecule has 0 atom stereocenters. The van der Waals surface area contributed by atoms with Crippen molar-refractivity contribution in [1.82, 2.24) is 10.2 Å². The van der Waals surface area contributed by atoms with Gasteiger partial charge in [-0.3, -0.25) is 0 Å². The Morgan fingerprint density at radius 3 is 2.80 bits per heavy atom. The first-order valence-electron chi connectivity index (χ1n) is 4.13. The summed E-state index contributed by atoms with van der Waals surface area (Å²) in [5.74, 6) is 0. The Balaban J connectivity index is 2.45. The molecule has 0 fully saturated rings. The maximum absolute atomic E-state index is 6.01. The molecule has 2 N–H and O–H groups in total. The van der Waals surface area contributed by atoms with E-state index in [0.717, 1.165) is 20.5 Å². The highest BCUT2D eigenvalue weighted by Gasteiger charge is 2.07. The number of aromatic nitrogens is 2. The van der Waals surface area contributed by atoms with Gasteiger partial charge in [0, 0.05) is 10.5 Å². The molecule has 0 spiro atoms. The van der Waals surface area contributed by atoms with Crippen LogP contribution in [0.2, 0.25) is 5.02 Å². The first-order valence-corrected chi connectivity index (χ1v) is 6.55. The van der Waals surface area contributed by atoms with Crippen LogP contribution in [0.25, 0.3) is 10.6 Å². The summed E-state index contributed by atoms with van der Waals surface area (Å²) in [7, 11) is 0. The number of nitrogen functional groups attached to an aromatic ring is 1. The topological polar surface area (TPSA) is 51.8 Å². The van der Waals surface area contributed by atoms with Gasteiger partial charge in [0.2, 0.25) is 5.13 Å². The van der Waals surface area contributed by atoms with Crippen LogP contribution in [-0.2, 0) is 0 Å². The minimum Gasteiger partial charge on any atom is -0.374 e. The number of hydrogen-bond donors (Lipinski definition) is 1. The van der Waals surface area contributed by atoms with Crippen molar-refractivity contribution in [3.63, 3.8) is 0 Å². The van der Waals surface area contributed by atoms with Gasteiger partial charge in [-0.2, -0.15) is 0 Å². The highest BCUT2D eigenvalue weighted by atomic mass is 35.5. The fourth-order valence-electron chi connectivity index (χ4n) is 1.14. The second kappa shape index (κ2) is 4.38. The SMILES string of the molecule is CSc1cc(-c2nnc(N)s2)ccc1Cl. The Morgan fingerprint density at radius 2 is 2.20 bits per heavy atom. The Labute approximate surface area is 101 Å². The fraction of sp³-hybridized carbons (Fsp3) is 0.111. The van der Waals surface area contributed by atoms with Gasteiger partial charge >= 0.3 is 0 Å². The van der Waals surface area contributed by atoms with Crippen LogP contribution in [0.4, 0.5) is 5.13 Å². The third-order valence-electron chi connectivity index (χ3n) is 1.84. The molecule has 0 aliphatic carbocycles. The van der Waals surface area contributed by atoms with Gasteiger partial charge in [0.05, 0.1) is 5.02 Å². The van der Waals surface area contributed by atoms with Crippen molar-refractivity contribution in [3.8, 4) is 10.6 Å². The highest BCUT2D eigenvalue weighted by molar-refractivity contribution is 7.98. The van der Waals surface area contributed by atoms with Gasteiger partial charge in [-0.15, -0.1) is 22.0 Å². The number of thioether (sulfide) groups is 1. The molecule has 0 amide bonds. The zero-order chi connectivity index (χ0) is 10.8. The molecular weight excluding hydrogens is 250 g/mol. The summed E-state index contributed by atoms with van der Waals surface area (Å²) in [5.41, 5.74) is 6.53. The number of nitrogens with two attached hydrogens (primary N) is 1. The van der Waals surface area contributed by atoms with E-state index in [9.17, 15) is 0 Å². The van der Waals surface area contributed by atoms with Gasteiger partial charge in [-0.05, 0) is 18.4 Å². The molecule has 0 saturated carbocycles. The molecule has 0 aliphatic rings. The lowest BCUT2D eigenvalue weighted by Gasteiger charge is -2.01. The van der Waals surface area contributed by atoms with E-state index in [2.05, 4.69) is 10.2 Å². The molecule has 0 aliphatic heterocycles. The smallest absolute Gasteiger partial charge is 0.203 e. The molecule has 3 nitrogen and oxygen atoms in total. The first-order chi connectivity index (χ1) is 7.20. The highest BCUT2D eigenvalue weighted by Crippen LogP contribution is 2.32. The van der Waals surface area contributed by atoms with Crippen LogP contribution in [-0.4, -0.2) is 16.5 Å². The van der Waals surface area contributed by atoms with E-state index < -0.39 is 0 Å². The lowest BCUT2D eigenvalue weighted by molar-refractivity contribution is 1.10. The van der Waals surface area contributed by atoms with Gasteiger partial charge in [-0.1, -0.05) is 29.0 Å². The Hall–Kier alpha value is -0.780. The van der Waals surface area contributed by atoms with Gasteiger partial charge in [-0.25, -0.2) is 0 Å². The van der Waals surface area contributed by atoms with Crippen molar-refractivity contribution in [2.45, 2.75) is 4.90 Å². The lowest BCUT2D eigenvalue weighted by Crippen LogP contribution is -1.81. The van der Waals surface area contributed by atoms with E-state index in [1.165, 1.54) is 11.3 Å². The summed E-state index contributed by atoms with van der Waals surface area (Å²) in [4.78, 5) is 1.03. The van der Waals surface area contributed by atoms with E-state index in [-0.39, 0.29) is 0 Å². The van der Waals surface area contributed by atoms with Crippen LogP contribution >= 0.6 is 34.7 Å². The fourth-order valence-corrected chi connectivity index (χ4v) is 2.61. The minimum atomic E-state index is 0.477. The van der Waals surface area contributed by atoms with E-state index in [0.29, 0.717) is 5.13 Å². The zero-order valence-electron chi connectivity index (χ0n) is 7.90. The number of nitrogens with zero attached hydrogens (tertiary/aromatic N) is 2. The number of halogens is 1. The van der Waals surface area contributed by atoms with E-state index in [1.807, 2.05) is 24.5 Å². The van der Waals surface area contributed by atoms with E-state index >= 15 is 0 Å². The predicted molar refractivity (Wildman–Crippen MR) is 66.5 cm³/mol. The molecule has 15 heavy (non-hydrogen) atoms. The summed E-state index contributed by atoms with van der Waals surface area (Å²) in [5, 5.41) is 9.81. The van der Waals surface area contributed by atoms with Crippen molar-refractivity contribution in [2.24, 2.45) is 0 Å². The molecular formula is C9H8ClN3S2. The predicted octanol–water partition coefficient (Wildman–Crippen LogP) is 3.16. The summed E-state index contributed by atoms with van der Waals surface area (Å²) < 4.78 is 0. The molecule has 0 radical (unpaired) electrons. The van der Waals surface area contributed by atoms with Gasteiger partial charge < -0.3 is 5.73 Å². The largest absolute Gasteiger partial charge is 0.374 e. The molecule has 2 aromatic rings. The molecule has 0 unspecified atom stereocenters. The Bertz CT molecular complexity index is 484. The number of benzene rings is 1. The molecule has 1 heterocycles. The maximum atomic E-state index is 6.01. The van der Waals surface area contributed by atoms with Gasteiger partial charge in [0.1, 0.15) is 5.01 Å². The first kappa shape index (κ1) is 10.7. The van der Waals surface area contributed by atoms with Crippen LogP contribution in [0.15, 0.2) is 23.1 Å². The molecule has 2 rings (SSSR count). The lowest BCUT2D eigenvalue weighted by atomic mass is 10.2. The standard InChI is InChI=1S/C9H8ClN3S2/c1-14-7-4-5(2-3-6(7)10)8-12-13-9(11)15-8/h2-4H,1H3,(H2,11,13). The molecule has 0 bridgehead atoms. The van der Waals surface area contributed by atoms with Crippen LogP contribution in [0.3, 0.4) is 0 Å². The minimum absolute atomic E-state index is 0.477. The molecule has 1 aromatic carbocycles. The van der Waals surface area contributed by atoms with Crippen molar-refractivity contribution in [3.05, 3.63) is 23.2 Å². The van der Waals surface area contributed by atoms with Crippen LogP contribution in [0.1, 0.15) is 0 Å². The number of hydrogen-bond acceptors (Lipinski definition) is 5. The van der Waals surface area contributed by atoms with Crippen molar-refractivity contribution >= 4 is 39.8 Å². The Kier molecular flexibility index (Phi) is 3.14. The average Bonchev–Trinajstić information content (AvgIpc) is 2.66. The molecule has 0 saturated heterocycles. The number of anilines is 1.